The van der Waals surface area contributed by atoms with Crippen molar-refractivity contribution in [2.24, 2.45) is 0 Å². The number of hydrogen-bond donors (Lipinski definition) is 1. The fraction of sp³-hybridized carbons (Fsp3) is 0.875. The molecule has 1 heterocycles. The molecule has 0 amide bonds. The second kappa shape index (κ2) is 4.34. The number of nitrogens with one attached hydrogen (secondary N) is 1. The second-order valence-corrected chi connectivity index (χ2v) is 2.91. The van der Waals surface area contributed by atoms with Crippen LogP contribution < -0.4 is 4.90 Å². The smallest absolute Gasteiger partial charge is 0.311 e. The number of likely N-dealkylation sites (tertiary alicyclic amines) is 1. The molecule has 0 radical (unpaired) electrons. The van der Waals surface area contributed by atoms with Gasteiger partial charge >= 0.3 is 5.97 Å². The molecule has 1 aliphatic rings. The van der Waals surface area contributed by atoms with Crippen LogP contribution in [0.5, 0.6) is 0 Å². The SMILES string of the molecule is CCOC(=O)CC[NH+]1CCC1. The largest absolute Gasteiger partial charge is 0.466 e. The van der Waals surface area contributed by atoms with Gasteiger partial charge in [-0.15, -0.1) is 0 Å². The summed E-state index contributed by atoms with van der Waals surface area (Å²) < 4.78 is 4.81. The summed E-state index contributed by atoms with van der Waals surface area (Å²) in [5, 5.41) is 0. The first-order chi connectivity index (χ1) is 5.33. The highest BCUT2D eigenvalue weighted by atomic mass is 16.5. The molecule has 0 aliphatic carbocycles. The number of hydrogen-bond acceptors (Lipinski definition) is 2. The van der Waals surface area contributed by atoms with E-state index in [-0.39, 0.29) is 5.97 Å². The van der Waals surface area contributed by atoms with E-state index in [0.29, 0.717) is 13.0 Å². The Hall–Kier alpha value is -0.570. The molecule has 0 aromatic carbocycles. The summed E-state index contributed by atoms with van der Waals surface area (Å²) in [5.41, 5.74) is 0. The lowest BCUT2D eigenvalue weighted by atomic mass is 10.2. The molecular weight excluding hydrogens is 142 g/mol. The van der Waals surface area contributed by atoms with Crippen molar-refractivity contribution in [3.8, 4) is 0 Å². The molecule has 0 spiro atoms. The fourth-order valence-corrected chi connectivity index (χ4v) is 1.19. The minimum Gasteiger partial charge on any atom is -0.466 e. The molecule has 0 unspecified atom stereocenters. The average Bonchev–Trinajstić information content (AvgIpc) is 1.85. The van der Waals surface area contributed by atoms with Crippen LogP contribution in [0.2, 0.25) is 0 Å². The maximum Gasteiger partial charge on any atom is 0.311 e. The van der Waals surface area contributed by atoms with E-state index >= 15 is 0 Å². The Morgan fingerprint density at radius 1 is 1.55 bits per heavy atom. The Balaban J connectivity index is 1.96. The van der Waals surface area contributed by atoms with Crippen LogP contribution in [0.4, 0.5) is 0 Å². The van der Waals surface area contributed by atoms with Crippen molar-refractivity contribution in [3.05, 3.63) is 0 Å². The summed E-state index contributed by atoms with van der Waals surface area (Å²) in [6, 6.07) is 0. The first-order valence-electron chi connectivity index (χ1n) is 4.32. The highest BCUT2D eigenvalue weighted by Gasteiger charge is 2.18. The second-order valence-electron chi connectivity index (χ2n) is 2.91. The van der Waals surface area contributed by atoms with Gasteiger partial charge in [0.2, 0.25) is 0 Å². The molecule has 11 heavy (non-hydrogen) atoms. The zero-order valence-corrected chi connectivity index (χ0v) is 7.06. The van der Waals surface area contributed by atoms with Gasteiger partial charge in [0.1, 0.15) is 0 Å². The van der Waals surface area contributed by atoms with E-state index in [1.807, 2.05) is 6.92 Å². The summed E-state index contributed by atoms with van der Waals surface area (Å²) >= 11 is 0. The van der Waals surface area contributed by atoms with Crippen LogP contribution in [0.25, 0.3) is 0 Å². The minimum absolute atomic E-state index is 0.0492. The average molecular weight is 158 g/mol. The van der Waals surface area contributed by atoms with Crippen molar-refractivity contribution in [3.63, 3.8) is 0 Å². The van der Waals surface area contributed by atoms with E-state index in [4.69, 9.17) is 4.74 Å². The van der Waals surface area contributed by atoms with Gasteiger partial charge in [0, 0.05) is 6.42 Å². The third-order valence-corrected chi connectivity index (χ3v) is 2.05. The monoisotopic (exact) mass is 158 g/mol. The molecule has 3 heteroatoms. The highest BCUT2D eigenvalue weighted by molar-refractivity contribution is 5.69. The Kier molecular flexibility index (Phi) is 3.36. The standard InChI is InChI=1S/C8H15NO2/c1-2-11-8(10)4-7-9-5-3-6-9/h2-7H2,1H3/p+1. The van der Waals surface area contributed by atoms with Gasteiger partial charge < -0.3 is 9.64 Å². The van der Waals surface area contributed by atoms with Gasteiger partial charge in [0.25, 0.3) is 0 Å². The molecule has 3 nitrogen and oxygen atoms in total. The molecule has 1 aliphatic heterocycles. The lowest BCUT2D eigenvalue weighted by molar-refractivity contribution is -0.938. The number of carbonyl (C=O) groups excluding carboxylic acids is 1. The topological polar surface area (TPSA) is 30.7 Å². The number of carbonyl (C=O) groups is 1. The van der Waals surface area contributed by atoms with Gasteiger partial charge in [-0.25, -0.2) is 0 Å². The zero-order valence-electron chi connectivity index (χ0n) is 7.06. The van der Waals surface area contributed by atoms with Crippen LogP contribution in [0.1, 0.15) is 19.8 Å². The molecule has 0 bridgehead atoms. The highest BCUT2D eigenvalue weighted by Crippen LogP contribution is 1.84. The normalized spacial score (nSPS) is 17.5. The molecule has 0 atom stereocenters. The number of rotatable bonds is 4. The minimum atomic E-state index is -0.0492. The lowest BCUT2D eigenvalue weighted by Crippen LogP contribution is -3.17. The fourth-order valence-electron chi connectivity index (χ4n) is 1.19. The summed E-state index contributed by atoms with van der Waals surface area (Å²) in [4.78, 5) is 12.4. The maximum atomic E-state index is 10.9. The summed E-state index contributed by atoms with van der Waals surface area (Å²) in [5.74, 6) is -0.0492. The third kappa shape index (κ3) is 2.89. The Labute approximate surface area is 67.3 Å². The van der Waals surface area contributed by atoms with E-state index < -0.39 is 0 Å². The van der Waals surface area contributed by atoms with Crippen molar-refractivity contribution >= 4 is 5.97 Å². The van der Waals surface area contributed by atoms with Crippen molar-refractivity contribution in [2.75, 3.05) is 26.2 Å². The summed E-state index contributed by atoms with van der Waals surface area (Å²) in [7, 11) is 0. The van der Waals surface area contributed by atoms with Gasteiger partial charge in [0.05, 0.1) is 32.7 Å². The Morgan fingerprint density at radius 2 is 2.27 bits per heavy atom. The zero-order chi connectivity index (χ0) is 8.10. The van der Waals surface area contributed by atoms with E-state index in [0.717, 1.165) is 6.54 Å². The lowest BCUT2D eigenvalue weighted by Gasteiger charge is -2.26. The van der Waals surface area contributed by atoms with Crippen molar-refractivity contribution in [2.45, 2.75) is 19.8 Å². The van der Waals surface area contributed by atoms with Gasteiger partial charge in [-0.2, -0.15) is 0 Å². The Morgan fingerprint density at radius 3 is 2.73 bits per heavy atom. The molecule has 0 saturated carbocycles. The maximum absolute atomic E-state index is 10.9. The van der Waals surface area contributed by atoms with E-state index in [1.54, 1.807) is 0 Å². The van der Waals surface area contributed by atoms with E-state index in [1.165, 1.54) is 24.4 Å². The molecule has 64 valence electrons. The van der Waals surface area contributed by atoms with Crippen LogP contribution in [0.15, 0.2) is 0 Å². The number of ether oxygens (including phenoxy) is 1. The van der Waals surface area contributed by atoms with Gasteiger partial charge in [0.15, 0.2) is 0 Å². The molecule has 0 aromatic heterocycles. The van der Waals surface area contributed by atoms with E-state index in [9.17, 15) is 4.79 Å². The number of esters is 1. The van der Waals surface area contributed by atoms with Gasteiger partial charge in [-0.3, -0.25) is 4.79 Å². The predicted molar refractivity (Wildman–Crippen MR) is 41.4 cm³/mol. The first kappa shape index (κ1) is 8.53. The molecule has 1 saturated heterocycles. The van der Waals surface area contributed by atoms with Crippen LogP contribution in [-0.4, -0.2) is 32.2 Å². The predicted octanol–water partition coefficient (Wildman–Crippen LogP) is -0.772. The van der Waals surface area contributed by atoms with Crippen molar-refractivity contribution < 1.29 is 14.4 Å². The molecule has 1 N–H and O–H groups in total. The van der Waals surface area contributed by atoms with Crippen LogP contribution >= 0.6 is 0 Å². The van der Waals surface area contributed by atoms with Crippen molar-refractivity contribution in [1.29, 1.82) is 0 Å². The molecule has 1 fully saturated rings. The summed E-state index contributed by atoms with van der Waals surface area (Å²) in [6.45, 7) is 5.78. The van der Waals surface area contributed by atoms with E-state index in [2.05, 4.69) is 0 Å². The van der Waals surface area contributed by atoms with Crippen LogP contribution in [0.3, 0.4) is 0 Å². The summed E-state index contributed by atoms with van der Waals surface area (Å²) in [6.07, 6.45) is 1.90. The van der Waals surface area contributed by atoms with Gasteiger partial charge in [-0.1, -0.05) is 0 Å². The van der Waals surface area contributed by atoms with Gasteiger partial charge in [-0.05, 0) is 6.92 Å². The quantitative estimate of drug-likeness (QED) is 0.545. The van der Waals surface area contributed by atoms with Crippen LogP contribution in [0, 0.1) is 0 Å². The number of quaternary nitrogens is 1. The molecular formula is C8H16NO2+. The van der Waals surface area contributed by atoms with Crippen molar-refractivity contribution in [1.82, 2.24) is 0 Å². The Bertz CT molecular complexity index is 132. The molecule has 0 aromatic rings. The van der Waals surface area contributed by atoms with Crippen LogP contribution in [-0.2, 0) is 9.53 Å². The molecule has 1 rings (SSSR count). The third-order valence-electron chi connectivity index (χ3n) is 2.05. The first-order valence-corrected chi connectivity index (χ1v) is 4.32.